The third-order valence-electron chi connectivity index (χ3n) is 6.56. The Kier molecular flexibility index (Phi) is 7.81. The quantitative estimate of drug-likeness (QED) is 0.204. The second-order valence-corrected chi connectivity index (χ2v) is 9.58. The van der Waals surface area contributed by atoms with Gasteiger partial charge in [0.1, 0.15) is 11.5 Å². The fraction of sp³-hybridized carbons (Fsp3) is 0.241. The van der Waals surface area contributed by atoms with E-state index in [9.17, 15) is 14.7 Å². The van der Waals surface area contributed by atoms with Gasteiger partial charge in [0, 0.05) is 29.5 Å². The smallest absolute Gasteiger partial charge is 0.300 e. The molecule has 1 fully saturated rings. The highest BCUT2D eigenvalue weighted by molar-refractivity contribution is 6.52. The summed E-state index contributed by atoms with van der Waals surface area (Å²) in [4.78, 5) is 30.5. The highest BCUT2D eigenvalue weighted by atomic mass is 35.5. The highest BCUT2D eigenvalue weighted by Gasteiger charge is 2.47. The first-order valence-electron chi connectivity index (χ1n) is 12.0. The molecule has 3 aromatic carbocycles. The zero-order valence-electron chi connectivity index (χ0n) is 21.1. The van der Waals surface area contributed by atoms with Gasteiger partial charge in [-0.2, -0.15) is 0 Å². The van der Waals surface area contributed by atoms with E-state index in [0.29, 0.717) is 11.3 Å². The van der Waals surface area contributed by atoms with Crippen molar-refractivity contribution in [2.75, 3.05) is 30.0 Å². The maximum Gasteiger partial charge on any atom is 0.300 e. The number of ether oxygens (including phenoxy) is 1. The lowest BCUT2D eigenvalue weighted by atomic mass is 9.94. The maximum atomic E-state index is 13.5. The van der Waals surface area contributed by atoms with Crippen molar-refractivity contribution in [3.05, 3.63) is 93.0 Å². The Morgan fingerprint density at radius 1 is 1.00 bits per heavy atom. The number of aliphatic hydroxyl groups is 1. The van der Waals surface area contributed by atoms with E-state index < -0.39 is 23.5 Å². The van der Waals surface area contributed by atoms with Crippen LogP contribution in [0.1, 0.15) is 36.6 Å². The molecule has 1 amide bonds. The van der Waals surface area contributed by atoms with E-state index in [1.54, 1.807) is 12.1 Å². The SMILES string of the molecule is CCN(CC)c1ccc(C2/C(=C(\O)c3cc(Cl)cc(Cl)c3OC)C(=O)C(=O)N2c2ccc(C)cc2)cc1. The van der Waals surface area contributed by atoms with E-state index in [-0.39, 0.29) is 26.9 Å². The average Bonchev–Trinajstić information content (AvgIpc) is 3.15. The van der Waals surface area contributed by atoms with Crippen molar-refractivity contribution in [2.45, 2.75) is 26.8 Å². The van der Waals surface area contributed by atoms with Crippen LogP contribution < -0.4 is 14.5 Å². The summed E-state index contributed by atoms with van der Waals surface area (Å²) in [5.41, 5.74) is 3.30. The predicted octanol–water partition coefficient (Wildman–Crippen LogP) is 6.78. The van der Waals surface area contributed by atoms with E-state index in [1.165, 1.54) is 24.1 Å². The molecule has 0 aromatic heterocycles. The molecule has 3 aromatic rings. The maximum absolute atomic E-state index is 13.5. The molecule has 1 aliphatic rings. The molecule has 6 nitrogen and oxygen atoms in total. The summed E-state index contributed by atoms with van der Waals surface area (Å²) in [6, 6.07) is 17.0. The number of carbonyl (C=O) groups excluding carboxylic acids is 2. The van der Waals surface area contributed by atoms with Crippen LogP contribution in [0.3, 0.4) is 0 Å². The van der Waals surface area contributed by atoms with Crippen LogP contribution in [0.5, 0.6) is 5.75 Å². The number of hydrogen-bond acceptors (Lipinski definition) is 5. The molecule has 1 aliphatic heterocycles. The third-order valence-corrected chi connectivity index (χ3v) is 7.06. The topological polar surface area (TPSA) is 70.1 Å². The van der Waals surface area contributed by atoms with Gasteiger partial charge in [0.05, 0.1) is 29.3 Å². The number of benzene rings is 3. The number of carbonyl (C=O) groups is 2. The van der Waals surface area contributed by atoms with Crippen LogP contribution in [0.4, 0.5) is 11.4 Å². The number of Topliss-reactive ketones (excluding diaryl/α,β-unsaturated/α-hetero) is 1. The van der Waals surface area contributed by atoms with Crippen molar-refractivity contribution in [3.63, 3.8) is 0 Å². The van der Waals surface area contributed by atoms with Gasteiger partial charge >= 0.3 is 0 Å². The molecule has 1 saturated heterocycles. The second-order valence-electron chi connectivity index (χ2n) is 8.74. The van der Waals surface area contributed by atoms with Gasteiger partial charge in [-0.25, -0.2) is 0 Å². The Balaban J connectivity index is 1.96. The lowest BCUT2D eigenvalue weighted by molar-refractivity contribution is -0.132. The van der Waals surface area contributed by atoms with Gasteiger partial charge in [-0.1, -0.05) is 53.0 Å². The average molecular weight is 539 g/mol. The molecule has 192 valence electrons. The standard InChI is InChI=1S/C29H28Cl2N2O4/c1-5-32(6-2)20-13-9-18(10-14-20)25-24(26(34)22-15-19(30)16-23(31)28(22)37-4)27(35)29(36)33(25)21-11-7-17(3)8-12-21/h7-16,25,34H,5-6H2,1-4H3/b26-24+. The fourth-order valence-corrected chi connectivity index (χ4v) is 5.24. The van der Waals surface area contributed by atoms with E-state index in [0.717, 1.165) is 24.3 Å². The zero-order chi connectivity index (χ0) is 26.9. The molecule has 1 N–H and O–H groups in total. The van der Waals surface area contributed by atoms with Crippen LogP contribution in [-0.4, -0.2) is 37.0 Å². The molecule has 0 saturated carbocycles. The monoisotopic (exact) mass is 538 g/mol. The fourth-order valence-electron chi connectivity index (χ4n) is 4.66. The summed E-state index contributed by atoms with van der Waals surface area (Å²) in [6.45, 7) is 7.77. The number of aliphatic hydroxyl groups excluding tert-OH is 1. The van der Waals surface area contributed by atoms with Crippen LogP contribution in [0, 0.1) is 6.92 Å². The molecule has 1 unspecified atom stereocenters. The second kappa shape index (κ2) is 10.9. The number of anilines is 2. The van der Waals surface area contributed by atoms with Gasteiger partial charge < -0.3 is 14.7 Å². The van der Waals surface area contributed by atoms with Crippen LogP contribution in [-0.2, 0) is 9.59 Å². The molecule has 0 spiro atoms. The number of rotatable bonds is 7. The molecule has 0 bridgehead atoms. The van der Waals surface area contributed by atoms with Gasteiger partial charge in [0.25, 0.3) is 11.7 Å². The van der Waals surface area contributed by atoms with Crippen molar-refractivity contribution in [2.24, 2.45) is 0 Å². The lowest BCUT2D eigenvalue weighted by Gasteiger charge is -2.27. The van der Waals surface area contributed by atoms with Gasteiger partial charge in [0.15, 0.2) is 0 Å². The Labute approximate surface area is 226 Å². The molecular weight excluding hydrogens is 511 g/mol. The number of halogens is 2. The van der Waals surface area contributed by atoms with Crippen molar-refractivity contribution in [3.8, 4) is 5.75 Å². The molecule has 0 radical (unpaired) electrons. The van der Waals surface area contributed by atoms with E-state index in [4.69, 9.17) is 27.9 Å². The summed E-state index contributed by atoms with van der Waals surface area (Å²) >= 11 is 12.5. The van der Waals surface area contributed by atoms with Crippen molar-refractivity contribution >= 4 is 52.0 Å². The van der Waals surface area contributed by atoms with Gasteiger partial charge in [-0.15, -0.1) is 0 Å². The van der Waals surface area contributed by atoms with Gasteiger partial charge in [0.2, 0.25) is 0 Å². The summed E-state index contributed by atoms with van der Waals surface area (Å²) in [7, 11) is 1.40. The third kappa shape index (κ3) is 4.91. The van der Waals surface area contributed by atoms with Crippen molar-refractivity contribution in [1.82, 2.24) is 0 Å². The highest BCUT2D eigenvalue weighted by Crippen LogP contribution is 2.45. The first-order chi connectivity index (χ1) is 17.7. The molecule has 0 aliphatic carbocycles. The first-order valence-corrected chi connectivity index (χ1v) is 12.7. The molecule has 37 heavy (non-hydrogen) atoms. The Morgan fingerprint density at radius 3 is 2.19 bits per heavy atom. The predicted molar refractivity (Wildman–Crippen MR) is 149 cm³/mol. The van der Waals surface area contributed by atoms with E-state index in [2.05, 4.69) is 18.7 Å². The van der Waals surface area contributed by atoms with Crippen LogP contribution in [0.2, 0.25) is 10.0 Å². The van der Waals surface area contributed by atoms with E-state index in [1.807, 2.05) is 43.3 Å². The minimum atomic E-state index is -0.879. The number of amides is 1. The number of nitrogens with zero attached hydrogens (tertiary/aromatic N) is 2. The van der Waals surface area contributed by atoms with Crippen LogP contribution >= 0.6 is 23.2 Å². The van der Waals surface area contributed by atoms with Gasteiger partial charge in [-0.05, 0) is 62.7 Å². The van der Waals surface area contributed by atoms with Crippen LogP contribution in [0.25, 0.3) is 5.76 Å². The Bertz CT molecular complexity index is 1360. The number of hydrogen-bond donors (Lipinski definition) is 1. The summed E-state index contributed by atoms with van der Waals surface area (Å²) in [5, 5.41) is 11.9. The molecule has 4 rings (SSSR count). The summed E-state index contributed by atoms with van der Waals surface area (Å²) in [6.07, 6.45) is 0. The van der Waals surface area contributed by atoms with Gasteiger partial charge in [-0.3, -0.25) is 14.5 Å². The lowest BCUT2D eigenvalue weighted by Crippen LogP contribution is -2.29. The van der Waals surface area contributed by atoms with Crippen LogP contribution in [0.15, 0.2) is 66.2 Å². The molecule has 1 heterocycles. The minimum absolute atomic E-state index is 0.0715. The molecular formula is C29H28Cl2N2O4. The Hall–Kier alpha value is -3.48. The minimum Gasteiger partial charge on any atom is -0.507 e. The molecule has 1 atom stereocenters. The van der Waals surface area contributed by atoms with Crippen molar-refractivity contribution < 1.29 is 19.4 Å². The number of ketones is 1. The summed E-state index contributed by atoms with van der Waals surface area (Å²) < 4.78 is 5.41. The number of aryl methyl sites for hydroxylation is 1. The number of methoxy groups -OCH3 is 1. The summed E-state index contributed by atoms with van der Waals surface area (Å²) in [5.74, 6) is -1.81. The zero-order valence-corrected chi connectivity index (χ0v) is 22.6. The largest absolute Gasteiger partial charge is 0.507 e. The normalized spacial score (nSPS) is 16.8. The first kappa shape index (κ1) is 26.6. The van der Waals surface area contributed by atoms with Crippen molar-refractivity contribution in [1.29, 1.82) is 0 Å². The van der Waals surface area contributed by atoms with E-state index >= 15 is 0 Å². The Morgan fingerprint density at radius 2 is 1.62 bits per heavy atom. The molecule has 8 heteroatoms.